The van der Waals surface area contributed by atoms with Gasteiger partial charge in [-0.3, -0.25) is 0 Å². The summed E-state index contributed by atoms with van der Waals surface area (Å²) >= 11 is 1.43. The van der Waals surface area contributed by atoms with Crippen LogP contribution in [0.1, 0.15) is 10.4 Å². The van der Waals surface area contributed by atoms with E-state index in [1.807, 2.05) is 0 Å². The molecule has 3 aromatic rings. The lowest BCUT2D eigenvalue weighted by Crippen LogP contribution is -1.94. The molecule has 0 aliphatic rings. The highest BCUT2D eigenvalue weighted by Crippen LogP contribution is 2.29. The summed E-state index contributed by atoms with van der Waals surface area (Å²) in [7, 11) is 0. The van der Waals surface area contributed by atoms with E-state index < -0.39 is 5.97 Å². The van der Waals surface area contributed by atoms with Crippen molar-refractivity contribution in [2.75, 3.05) is 0 Å². The second-order valence-corrected chi connectivity index (χ2v) is 4.77. The maximum atomic E-state index is 10.8. The number of hydrogen-bond donors (Lipinski definition) is 2. The fourth-order valence-corrected chi connectivity index (χ4v) is 2.44. The molecule has 0 saturated carbocycles. The van der Waals surface area contributed by atoms with E-state index in [2.05, 4.69) is 19.9 Å². The number of fused-ring (bicyclic) bond motifs is 1. The van der Waals surface area contributed by atoms with Crippen LogP contribution in [0.25, 0.3) is 11.2 Å². The number of aromatic amines is 1. The standard InChI is InChI=1S/C12H8N4O2S/c17-12(18)7-1-3-8(4-2-7)19-11-9-10(14-5-13-9)15-6-16-11/h1-6H,(H,17,18)(H,13,14,15,16). The summed E-state index contributed by atoms with van der Waals surface area (Å²) in [6.07, 6.45) is 3.02. The van der Waals surface area contributed by atoms with Crippen LogP contribution < -0.4 is 0 Å². The third-order valence-electron chi connectivity index (χ3n) is 2.50. The predicted octanol–water partition coefficient (Wildman–Crippen LogP) is 2.20. The van der Waals surface area contributed by atoms with E-state index in [0.29, 0.717) is 5.65 Å². The maximum absolute atomic E-state index is 10.8. The Balaban J connectivity index is 1.92. The molecule has 2 heterocycles. The van der Waals surface area contributed by atoms with Crippen LogP contribution in [0, 0.1) is 0 Å². The van der Waals surface area contributed by atoms with Gasteiger partial charge in [0.1, 0.15) is 16.9 Å². The molecule has 0 unspecified atom stereocenters. The van der Waals surface area contributed by atoms with Crippen molar-refractivity contribution in [1.82, 2.24) is 19.9 Å². The van der Waals surface area contributed by atoms with E-state index in [-0.39, 0.29) is 5.56 Å². The molecule has 0 bridgehead atoms. The van der Waals surface area contributed by atoms with Crippen LogP contribution in [0.3, 0.4) is 0 Å². The van der Waals surface area contributed by atoms with Crippen LogP contribution >= 0.6 is 11.8 Å². The van der Waals surface area contributed by atoms with Crippen molar-refractivity contribution >= 4 is 28.9 Å². The van der Waals surface area contributed by atoms with Crippen molar-refractivity contribution in [3.8, 4) is 0 Å². The molecule has 0 fully saturated rings. The van der Waals surface area contributed by atoms with Gasteiger partial charge in [0.25, 0.3) is 0 Å². The number of nitrogens with zero attached hydrogens (tertiary/aromatic N) is 3. The van der Waals surface area contributed by atoms with Crippen molar-refractivity contribution in [3.05, 3.63) is 42.5 Å². The van der Waals surface area contributed by atoms with E-state index in [1.165, 1.54) is 18.1 Å². The Hall–Kier alpha value is -2.41. The molecule has 7 heteroatoms. The minimum atomic E-state index is -0.936. The van der Waals surface area contributed by atoms with Crippen LogP contribution in [0.2, 0.25) is 0 Å². The normalized spacial score (nSPS) is 10.7. The van der Waals surface area contributed by atoms with E-state index in [4.69, 9.17) is 5.11 Å². The molecule has 2 aromatic heterocycles. The lowest BCUT2D eigenvalue weighted by atomic mass is 10.2. The first kappa shape index (κ1) is 11.7. The predicted molar refractivity (Wildman–Crippen MR) is 69.2 cm³/mol. The Labute approximate surface area is 111 Å². The second-order valence-electron chi connectivity index (χ2n) is 3.71. The van der Waals surface area contributed by atoms with E-state index in [0.717, 1.165) is 15.4 Å². The fraction of sp³-hybridized carbons (Fsp3) is 0. The molecule has 3 rings (SSSR count). The first-order valence-electron chi connectivity index (χ1n) is 5.39. The third kappa shape index (κ3) is 2.27. The number of carboxylic acid groups (broad SMARTS) is 1. The second kappa shape index (κ2) is 4.69. The largest absolute Gasteiger partial charge is 0.478 e. The monoisotopic (exact) mass is 272 g/mol. The van der Waals surface area contributed by atoms with E-state index >= 15 is 0 Å². The lowest BCUT2D eigenvalue weighted by molar-refractivity contribution is 0.0697. The zero-order chi connectivity index (χ0) is 13.2. The summed E-state index contributed by atoms with van der Waals surface area (Å²) in [5.74, 6) is -0.936. The highest BCUT2D eigenvalue weighted by molar-refractivity contribution is 7.99. The Kier molecular flexibility index (Phi) is 2.88. The molecule has 0 saturated heterocycles. The number of imidazole rings is 1. The SMILES string of the molecule is O=C(O)c1ccc(Sc2ncnc3nc[nH]c23)cc1. The third-order valence-corrected chi connectivity index (χ3v) is 3.51. The van der Waals surface area contributed by atoms with Crippen LogP contribution in [0.4, 0.5) is 0 Å². The van der Waals surface area contributed by atoms with Crippen LogP contribution in [-0.4, -0.2) is 31.0 Å². The molecule has 0 spiro atoms. The van der Waals surface area contributed by atoms with Gasteiger partial charge in [-0.1, -0.05) is 11.8 Å². The number of aromatic carboxylic acids is 1. The van der Waals surface area contributed by atoms with Gasteiger partial charge in [-0.25, -0.2) is 19.7 Å². The molecule has 0 amide bonds. The number of rotatable bonds is 3. The zero-order valence-corrected chi connectivity index (χ0v) is 10.4. The van der Waals surface area contributed by atoms with Crippen molar-refractivity contribution in [2.24, 2.45) is 0 Å². The fourth-order valence-electron chi connectivity index (χ4n) is 1.60. The minimum Gasteiger partial charge on any atom is -0.478 e. The number of benzene rings is 1. The molecule has 1 aromatic carbocycles. The van der Waals surface area contributed by atoms with E-state index in [1.54, 1.807) is 30.6 Å². The van der Waals surface area contributed by atoms with Crippen molar-refractivity contribution in [1.29, 1.82) is 0 Å². The van der Waals surface area contributed by atoms with Gasteiger partial charge in [-0.2, -0.15) is 0 Å². The molecule has 0 aliphatic carbocycles. The Morgan fingerprint density at radius 2 is 1.95 bits per heavy atom. The number of carbonyl (C=O) groups is 1. The Bertz CT molecular complexity index is 739. The lowest BCUT2D eigenvalue weighted by Gasteiger charge is -2.02. The molecule has 0 atom stereocenters. The first-order valence-corrected chi connectivity index (χ1v) is 6.21. The Morgan fingerprint density at radius 3 is 2.68 bits per heavy atom. The highest BCUT2D eigenvalue weighted by atomic mass is 32.2. The van der Waals surface area contributed by atoms with Gasteiger partial charge in [-0.15, -0.1) is 0 Å². The minimum absolute atomic E-state index is 0.263. The van der Waals surface area contributed by atoms with Crippen molar-refractivity contribution in [2.45, 2.75) is 9.92 Å². The number of hydrogen-bond acceptors (Lipinski definition) is 5. The van der Waals surface area contributed by atoms with Crippen molar-refractivity contribution < 1.29 is 9.90 Å². The topological polar surface area (TPSA) is 91.8 Å². The zero-order valence-electron chi connectivity index (χ0n) is 9.57. The molecule has 0 radical (unpaired) electrons. The summed E-state index contributed by atoms with van der Waals surface area (Å²) < 4.78 is 0. The summed E-state index contributed by atoms with van der Waals surface area (Å²) in [6.45, 7) is 0. The number of H-pyrrole nitrogens is 1. The van der Waals surface area contributed by atoms with Gasteiger partial charge in [-0.05, 0) is 24.3 Å². The summed E-state index contributed by atoms with van der Waals surface area (Å²) in [5, 5.41) is 9.59. The van der Waals surface area contributed by atoms with Crippen LogP contribution in [0.5, 0.6) is 0 Å². The Morgan fingerprint density at radius 1 is 1.16 bits per heavy atom. The average molecular weight is 272 g/mol. The number of nitrogens with one attached hydrogen (secondary N) is 1. The van der Waals surface area contributed by atoms with Crippen LogP contribution in [0.15, 0.2) is 46.8 Å². The van der Waals surface area contributed by atoms with Crippen LogP contribution in [-0.2, 0) is 0 Å². The molecule has 2 N–H and O–H groups in total. The summed E-state index contributed by atoms with van der Waals surface area (Å²) in [4.78, 5) is 27.0. The summed E-state index contributed by atoms with van der Waals surface area (Å²) in [6, 6.07) is 6.63. The van der Waals surface area contributed by atoms with Gasteiger partial charge >= 0.3 is 5.97 Å². The number of carboxylic acids is 1. The maximum Gasteiger partial charge on any atom is 0.335 e. The smallest absolute Gasteiger partial charge is 0.335 e. The molecule has 0 aliphatic heterocycles. The summed E-state index contributed by atoms with van der Waals surface area (Å²) in [5.41, 5.74) is 1.65. The van der Waals surface area contributed by atoms with Gasteiger partial charge in [0.05, 0.1) is 11.9 Å². The molecular formula is C12H8N4O2S. The molecular weight excluding hydrogens is 264 g/mol. The van der Waals surface area contributed by atoms with Gasteiger partial charge in [0, 0.05) is 4.90 Å². The molecule has 19 heavy (non-hydrogen) atoms. The number of aromatic nitrogens is 4. The van der Waals surface area contributed by atoms with Gasteiger partial charge < -0.3 is 10.1 Å². The van der Waals surface area contributed by atoms with Gasteiger partial charge in [0.2, 0.25) is 0 Å². The first-order chi connectivity index (χ1) is 9.24. The highest BCUT2D eigenvalue weighted by Gasteiger charge is 2.08. The van der Waals surface area contributed by atoms with Gasteiger partial charge in [0.15, 0.2) is 5.65 Å². The molecule has 94 valence electrons. The van der Waals surface area contributed by atoms with E-state index in [9.17, 15) is 4.79 Å². The quantitative estimate of drug-likeness (QED) is 0.710. The average Bonchev–Trinajstić information content (AvgIpc) is 2.89. The molecule has 6 nitrogen and oxygen atoms in total. The van der Waals surface area contributed by atoms with Crippen molar-refractivity contribution in [3.63, 3.8) is 0 Å².